The summed E-state index contributed by atoms with van der Waals surface area (Å²) in [6, 6.07) is 5.89. The van der Waals surface area contributed by atoms with E-state index in [9.17, 15) is 4.79 Å². The monoisotopic (exact) mass is 432 g/mol. The minimum absolute atomic E-state index is 0.220. The number of amides is 1. The van der Waals surface area contributed by atoms with Gasteiger partial charge in [-0.05, 0) is 53.9 Å². The van der Waals surface area contributed by atoms with Crippen molar-refractivity contribution < 1.29 is 9.53 Å². The first-order chi connectivity index (χ1) is 11.0. The van der Waals surface area contributed by atoms with E-state index in [0.717, 1.165) is 25.9 Å². The van der Waals surface area contributed by atoms with E-state index in [1.165, 1.54) is 17.7 Å². The Morgan fingerprint density at radius 1 is 1.17 bits per heavy atom. The second-order valence-corrected chi connectivity index (χ2v) is 6.19. The maximum Gasteiger partial charge on any atom is 0.415 e. The number of carbonyl (C=O) groups excluding carboxylic acids is 1. The third kappa shape index (κ3) is 5.86. The summed E-state index contributed by atoms with van der Waals surface area (Å²) in [4.78, 5) is 18.0. The van der Waals surface area contributed by atoms with Crippen molar-refractivity contribution in [1.29, 1.82) is 0 Å². The van der Waals surface area contributed by atoms with E-state index in [0.29, 0.717) is 11.7 Å². The number of anilines is 1. The van der Waals surface area contributed by atoms with Crippen molar-refractivity contribution >= 4 is 34.4 Å². The Bertz CT molecular complexity index is 498. The fourth-order valence-corrected chi connectivity index (χ4v) is 2.71. The van der Waals surface area contributed by atoms with Gasteiger partial charge in [0.1, 0.15) is 5.75 Å². The van der Waals surface area contributed by atoms with Crippen LogP contribution in [-0.2, 0) is 0 Å². The van der Waals surface area contributed by atoms with E-state index in [1.807, 2.05) is 37.2 Å². The lowest BCUT2D eigenvalue weighted by atomic mass is 10.0. The van der Waals surface area contributed by atoms with Crippen LogP contribution in [0.15, 0.2) is 18.2 Å². The van der Waals surface area contributed by atoms with E-state index in [2.05, 4.69) is 41.3 Å². The van der Waals surface area contributed by atoms with Crippen LogP contribution in [0.4, 0.5) is 10.5 Å². The van der Waals surface area contributed by atoms with Gasteiger partial charge in [0.05, 0.1) is 0 Å². The molecule has 0 bridgehead atoms. The first-order valence-corrected chi connectivity index (χ1v) is 10.3. The average molecular weight is 432 g/mol. The van der Waals surface area contributed by atoms with Gasteiger partial charge >= 0.3 is 6.09 Å². The molecule has 1 aromatic carbocycles. The van der Waals surface area contributed by atoms with Crippen LogP contribution in [0.5, 0.6) is 5.75 Å². The quantitative estimate of drug-likeness (QED) is 0.503. The summed E-state index contributed by atoms with van der Waals surface area (Å²) in [6.07, 6.45) is 3.14. The van der Waals surface area contributed by atoms with E-state index >= 15 is 0 Å². The minimum atomic E-state index is -0.220. The molecule has 0 unspecified atom stereocenters. The van der Waals surface area contributed by atoms with Crippen LogP contribution in [0.1, 0.15) is 44.6 Å². The van der Waals surface area contributed by atoms with Crippen molar-refractivity contribution in [3.8, 4) is 5.75 Å². The average Bonchev–Trinajstić information content (AvgIpc) is 2.57. The van der Waals surface area contributed by atoms with Gasteiger partial charge in [0, 0.05) is 32.9 Å². The molecule has 0 spiro atoms. The van der Waals surface area contributed by atoms with Crippen LogP contribution >= 0.6 is 22.6 Å². The lowest BCUT2D eigenvalue weighted by molar-refractivity contribution is 0.142. The molecule has 1 saturated heterocycles. The first-order valence-electron chi connectivity index (χ1n) is 8.15. The van der Waals surface area contributed by atoms with Crippen molar-refractivity contribution in [2.24, 2.45) is 0 Å². The van der Waals surface area contributed by atoms with Crippen LogP contribution in [0.25, 0.3) is 0 Å². The fourth-order valence-electron chi connectivity index (χ4n) is 2.71. The van der Waals surface area contributed by atoms with E-state index in [-0.39, 0.29) is 6.09 Å². The highest BCUT2D eigenvalue weighted by molar-refractivity contribution is 14.1. The highest BCUT2D eigenvalue weighted by Gasteiger charge is 2.19. The van der Waals surface area contributed by atoms with Crippen molar-refractivity contribution in [2.75, 3.05) is 37.0 Å². The Morgan fingerprint density at radius 3 is 2.30 bits per heavy atom. The number of hydrogen-bond donors (Lipinski definition) is 0. The molecule has 0 saturated carbocycles. The fraction of sp³-hybridized carbons (Fsp3) is 0.611. The molecule has 0 radical (unpaired) electrons. The summed E-state index contributed by atoms with van der Waals surface area (Å²) < 4.78 is 5.55. The molecule has 0 aliphatic carbocycles. The van der Waals surface area contributed by atoms with Crippen LogP contribution in [-0.4, -0.2) is 43.1 Å². The van der Waals surface area contributed by atoms with E-state index in [1.54, 1.807) is 4.90 Å². The number of ether oxygens (including phenoxy) is 1. The Hall–Kier alpha value is -0.980. The number of nitrogens with zero attached hydrogens (tertiary/aromatic N) is 2. The van der Waals surface area contributed by atoms with Crippen LogP contribution < -0.4 is 9.64 Å². The number of rotatable bonds is 3. The number of benzene rings is 1. The lowest BCUT2D eigenvalue weighted by Crippen LogP contribution is -2.37. The minimum Gasteiger partial charge on any atom is -0.410 e. The summed E-state index contributed by atoms with van der Waals surface area (Å²) in [5, 5.41) is 0. The summed E-state index contributed by atoms with van der Waals surface area (Å²) in [6.45, 7) is 5.93. The molecular formula is C18H29IN2O2. The normalized spacial score (nSPS) is 14.1. The molecule has 2 rings (SSSR count). The third-order valence-corrected chi connectivity index (χ3v) is 3.92. The van der Waals surface area contributed by atoms with Gasteiger partial charge in [0.25, 0.3) is 0 Å². The van der Waals surface area contributed by atoms with Crippen LogP contribution in [0, 0.1) is 0 Å². The molecule has 0 aromatic heterocycles. The smallest absolute Gasteiger partial charge is 0.410 e. The van der Waals surface area contributed by atoms with E-state index in [4.69, 9.17) is 4.74 Å². The third-order valence-electron chi connectivity index (χ3n) is 3.92. The maximum atomic E-state index is 12.2. The number of alkyl halides is 1. The molecule has 1 aliphatic rings. The number of likely N-dealkylation sites (tertiary alicyclic amines) is 1. The second kappa shape index (κ2) is 10.0. The molecule has 1 heterocycles. The van der Waals surface area contributed by atoms with Gasteiger partial charge in [-0.2, -0.15) is 0 Å². The highest BCUT2D eigenvalue weighted by Crippen LogP contribution is 2.30. The highest BCUT2D eigenvalue weighted by atomic mass is 127. The Kier molecular flexibility index (Phi) is 8.73. The molecule has 1 fully saturated rings. The lowest BCUT2D eigenvalue weighted by Gasteiger charge is -2.26. The number of carbonyl (C=O) groups is 1. The van der Waals surface area contributed by atoms with Gasteiger partial charge in [0.2, 0.25) is 0 Å². The Labute approximate surface area is 154 Å². The predicted molar refractivity (Wildman–Crippen MR) is 106 cm³/mol. The zero-order valence-corrected chi connectivity index (χ0v) is 17.1. The SMILES string of the molecule is CC(C)c1cc(OC(=O)N2CCCCC2)ccc1N(C)C.CI. The molecule has 0 atom stereocenters. The molecule has 1 aliphatic heterocycles. The van der Waals surface area contributed by atoms with Gasteiger partial charge in [-0.25, -0.2) is 4.79 Å². The van der Waals surface area contributed by atoms with Gasteiger partial charge in [-0.15, -0.1) is 0 Å². The molecule has 130 valence electrons. The molecule has 4 nitrogen and oxygen atoms in total. The zero-order chi connectivity index (χ0) is 17.4. The van der Waals surface area contributed by atoms with Gasteiger partial charge < -0.3 is 14.5 Å². The molecule has 23 heavy (non-hydrogen) atoms. The van der Waals surface area contributed by atoms with Crippen molar-refractivity contribution in [3.63, 3.8) is 0 Å². The summed E-state index contributed by atoms with van der Waals surface area (Å²) in [7, 11) is 4.06. The van der Waals surface area contributed by atoms with Crippen molar-refractivity contribution in [1.82, 2.24) is 4.90 Å². The second-order valence-electron chi connectivity index (χ2n) is 6.19. The number of halogens is 1. The summed E-state index contributed by atoms with van der Waals surface area (Å²) in [5.74, 6) is 1.02. The molecule has 5 heteroatoms. The Morgan fingerprint density at radius 2 is 1.78 bits per heavy atom. The topological polar surface area (TPSA) is 32.8 Å². The molecular weight excluding hydrogens is 403 g/mol. The zero-order valence-electron chi connectivity index (χ0n) is 14.9. The van der Waals surface area contributed by atoms with Crippen molar-refractivity contribution in [2.45, 2.75) is 39.0 Å². The summed E-state index contributed by atoms with van der Waals surface area (Å²) in [5.41, 5.74) is 2.37. The van der Waals surface area contributed by atoms with Gasteiger partial charge in [-0.3, -0.25) is 0 Å². The van der Waals surface area contributed by atoms with Gasteiger partial charge in [-0.1, -0.05) is 36.4 Å². The van der Waals surface area contributed by atoms with E-state index < -0.39 is 0 Å². The number of piperidine rings is 1. The van der Waals surface area contributed by atoms with Crippen molar-refractivity contribution in [3.05, 3.63) is 23.8 Å². The summed E-state index contributed by atoms with van der Waals surface area (Å²) >= 11 is 2.15. The van der Waals surface area contributed by atoms with Gasteiger partial charge in [0.15, 0.2) is 0 Å². The largest absolute Gasteiger partial charge is 0.415 e. The molecule has 1 amide bonds. The van der Waals surface area contributed by atoms with Crippen LogP contribution in [0.2, 0.25) is 0 Å². The predicted octanol–water partition coefficient (Wildman–Crippen LogP) is 4.91. The number of hydrogen-bond acceptors (Lipinski definition) is 3. The standard InChI is InChI=1S/C17H26N2O2.CH3I/c1-13(2)15-12-14(8-9-16(15)18(3)4)21-17(20)19-10-6-5-7-11-19;1-2/h8-9,12-13H,5-7,10-11H2,1-4H3;1H3. The first kappa shape index (κ1) is 20.1. The van der Waals surface area contributed by atoms with Crippen LogP contribution in [0.3, 0.4) is 0 Å². The molecule has 0 N–H and O–H groups in total. The maximum absolute atomic E-state index is 12.2. The Balaban J connectivity index is 0.00000127. The molecule has 1 aromatic rings.